The number of allylic oxidation sites excluding steroid dienone is 1. The molecule has 0 spiro atoms. The third kappa shape index (κ3) is 4.50. The summed E-state index contributed by atoms with van der Waals surface area (Å²) in [7, 11) is 1.67. The van der Waals surface area contributed by atoms with E-state index in [1.54, 1.807) is 19.4 Å². The second-order valence-electron chi connectivity index (χ2n) is 8.90. The fourth-order valence-electron chi connectivity index (χ4n) is 4.76. The number of para-hydroxylation sites is 1. The molecule has 1 aromatic heterocycles. The number of carbonyl (C=O) groups is 1. The molecule has 5 heteroatoms. The molecule has 0 N–H and O–H groups in total. The monoisotopic (exact) mass is 447 g/mol. The van der Waals surface area contributed by atoms with Gasteiger partial charge in [-0.2, -0.15) is 0 Å². The van der Waals surface area contributed by atoms with Crippen LogP contribution in [0.25, 0.3) is 27.7 Å². The van der Waals surface area contributed by atoms with Gasteiger partial charge in [-0.3, -0.25) is 4.79 Å². The number of hydrogen-bond acceptors (Lipinski definition) is 4. The summed E-state index contributed by atoms with van der Waals surface area (Å²) in [5.74, 6) is 2.16. The van der Waals surface area contributed by atoms with E-state index in [9.17, 15) is 4.79 Å². The maximum Gasteiger partial charge on any atom is 0.246 e. The zero-order chi connectivity index (χ0) is 23.5. The molecular weight excluding hydrogens is 414 g/mol. The maximum atomic E-state index is 13.0. The van der Waals surface area contributed by atoms with Crippen LogP contribution in [0.1, 0.15) is 44.7 Å². The molecule has 4 rings (SSSR count). The lowest BCUT2D eigenvalue weighted by Gasteiger charge is -2.30. The number of piperidine rings is 1. The molecule has 1 aliphatic rings. The lowest BCUT2D eigenvalue weighted by Crippen LogP contribution is -2.38. The van der Waals surface area contributed by atoms with Crippen molar-refractivity contribution >= 4 is 22.4 Å². The van der Waals surface area contributed by atoms with Crippen molar-refractivity contribution in [1.82, 2.24) is 4.90 Å². The first-order valence-corrected chi connectivity index (χ1v) is 11.7. The summed E-state index contributed by atoms with van der Waals surface area (Å²) in [6.45, 7) is 10.3. The van der Waals surface area contributed by atoms with Crippen LogP contribution in [0, 0.1) is 12.8 Å². The first kappa shape index (κ1) is 23.0. The summed E-state index contributed by atoms with van der Waals surface area (Å²) < 4.78 is 17.7. The third-order valence-corrected chi connectivity index (χ3v) is 6.46. The molecule has 1 atom stereocenters. The summed E-state index contributed by atoms with van der Waals surface area (Å²) in [5, 5.41) is 0.974. The Labute approximate surface area is 196 Å². The van der Waals surface area contributed by atoms with Gasteiger partial charge in [0.1, 0.15) is 17.1 Å². The highest BCUT2D eigenvalue weighted by Crippen LogP contribution is 2.42. The SMILES string of the molecule is CCOc1c(/C(C)=C/C(=O)N2CCCC(C)C2)cc2c(-c3ccccc3OC)coc2c1C. The zero-order valence-corrected chi connectivity index (χ0v) is 20.2. The van der Waals surface area contributed by atoms with Crippen LogP contribution in [0.3, 0.4) is 0 Å². The number of amides is 1. The predicted octanol–water partition coefficient (Wildman–Crippen LogP) is 6.48. The van der Waals surface area contributed by atoms with Gasteiger partial charge in [0.05, 0.1) is 20.0 Å². The molecule has 1 fully saturated rings. The Kier molecular flexibility index (Phi) is 6.77. The van der Waals surface area contributed by atoms with Crippen LogP contribution >= 0.6 is 0 Å². The van der Waals surface area contributed by atoms with Gasteiger partial charge in [-0.15, -0.1) is 0 Å². The molecule has 0 bridgehead atoms. The van der Waals surface area contributed by atoms with Crippen LogP contribution in [-0.4, -0.2) is 37.6 Å². The molecule has 0 aliphatic carbocycles. The molecule has 2 aromatic carbocycles. The van der Waals surface area contributed by atoms with Crippen LogP contribution < -0.4 is 9.47 Å². The number of hydrogen-bond donors (Lipinski definition) is 0. The van der Waals surface area contributed by atoms with Crippen molar-refractivity contribution in [1.29, 1.82) is 0 Å². The van der Waals surface area contributed by atoms with Crippen LogP contribution in [0.15, 0.2) is 47.1 Å². The van der Waals surface area contributed by atoms with E-state index in [2.05, 4.69) is 13.0 Å². The van der Waals surface area contributed by atoms with E-state index in [1.165, 1.54) is 6.42 Å². The van der Waals surface area contributed by atoms with Crippen LogP contribution in [0.4, 0.5) is 0 Å². The van der Waals surface area contributed by atoms with Gasteiger partial charge < -0.3 is 18.8 Å². The highest BCUT2D eigenvalue weighted by molar-refractivity contribution is 6.02. The third-order valence-electron chi connectivity index (χ3n) is 6.46. The zero-order valence-electron chi connectivity index (χ0n) is 20.2. The number of likely N-dealkylation sites (tertiary alicyclic amines) is 1. The number of aryl methyl sites for hydroxylation is 1. The highest BCUT2D eigenvalue weighted by atomic mass is 16.5. The maximum absolute atomic E-state index is 13.0. The second kappa shape index (κ2) is 9.74. The summed E-state index contributed by atoms with van der Waals surface area (Å²) in [5.41, 5.74) is 5.44. The fourth-order valence-corrected chi connectivity index (χ4v) is 4.76. The van der Waals surface area contributed by atoms with Crippen molar-refractivity contribution in [3.63, 3.8) is 0 Å². The normalized spacial score (nSPS) is 16.8. The fraction of sp³-hybridized carbons (Fsp3) is 0.393. The Bertz CT molecular complexity index is 1190. The predicted molar refractivity (Wildman–Crippen MR) is 133 cm³/mol. The van der Waals surface area contributed by atoms with Crippen molar-refractivity contribution in [2.45, 2.75) is 40.5 Å². The molecule has 1 amide bonds. The van der Waals surface area contributed by atoms with Crippen molar-refractivity contribution in [2.24, 2.45) is 5.92 Å². The number of methoxy groups -OCH3 is 1. The summed E-state index contributed by atoms with van der Waals surface area (Å²) in [4.78, 5) is 15.0. The van der Waals surface area contributed by atoms with E-state index in [0.29, 0.717) is 12.5 Å². The number of nitrogens with zero attached hydrogens (tertiary/aromatic N) is 1. The Morgan fingerprint density at radius 3 is 2.79 bits per heavy atom. The van der Waals surface area contributed by atoms with Crippen LogP contribution in [0.2, 0.25) is 0 Å². The van der Waals surface area contributed by atoms with Gasteiger partial charge in [0.15, 0.2) is 0 Å². The van der Waals surface area contributed by atoms with E-state index < -0.39 is 0 Å². The minimum absolute atomic E-state index is 0.0661. The molecular formula is C28H33NO4. The van der Waals surface area contributed by atoms with Crippen molar-refractivity contribution in [2.75, 3.05) is 26.8 Å². The Morgan fingerprint density at radius 2 is 2.06 bits per heavy atom. The molecule has 0 saturated carbocycles. The van der Waals surface area contributed by atoms with E-state index in [-0.39, 0.29) is 5.91 Å². The quantitative estimate of drug-likeness (QED) is 0.406. The molecule has 2 heterocycles. The van der Waals surface area contributed by atoms with E-state index in [1.807, 2.05) is 49.9 Å². The van der Waals surface area contributed by atoms with Gasteiger partial charge in [-0.25, -0.2) is 0 Å². The number of furan rings is 1. The Hall–Kier alpha value is -3.21. The molecule has 33 heavy (non-hydrogen) atoms. The topological polar surface area (TPSA) is 51.9 Å². The average Bonchev–Trinajstić information content (AvgIpc) is 3.24. The van der Waals surface area contributed by atoms with Gasteiger partial charge in [0.25, 0.3) is 0 Å². The first-order valence-electron chi connectivity index (χ1n) is 11.7. The molecule has 174 valence electrons. The van der Waals surface area contributed by atoms with Crippen molar-refractivity contribution in [3.05, 3.63) is 53.8 Å². The van der Waals surface area contributed by atoms with Crippen LogP contribution in [0.5, 0.6) is 11.5 Å². The smallest absolute Gasteiger partial charge is 0.246 e. The molecule has 0 radical (unpaired) electrons. The lowest BCUT2D eigenvalue weighted by molar-refractivity contribution is -0.127. The van der Waals surface area contributed by atoms with E-state index >= 15 is 0 Å². The van der Waals surface area contributed by atoms with Gasteiger partial charge >= 0.3 is 0 Å². The summed E-state index contributed by atoms with van der Waals surface area (Å²) in [6, 6.07) is 9.99. The summed E-state index contributed by atoms with van der Waals surface area (Å²) >= 11 is 0. The largest absolute Gasteiger partial charge is 0.496 e. The molecule has 5 nitrogen and oxygen atoms in total. The second-order valence-corrected chi connectivity index (χ2v) is 8.90. The van der Waals surface area contributed by atoms with Gasteiger partial charge in [-0.1, -0.05) is 25.1 Å². The number of carbonyl (C=O) groups excluding carboxylic acids is 1. The van der Waals surface area contributed by atoms with E-state index in [0.717, 1.165) is 69.8 Å². The minimum Gasteiger partial charge on any atom is -0.496 e. The van der Waals surface area contributed by atoms with Crippen LogP contribution in [-0.2, 0) is 4.79 Å². The van der Waals surface area contributed by atoms with E-state index in [4.69, 9.17) is 13.9 Å². The minimum atomic E-state index is 0.0661. The Balaban J connectivity index is 1.82. The van der Waals surface area contributed by atoms with Crippen molar-refractivity contribution < 1.29 is 18.7 Å². The molecule has 1 unspecified atom stereocenters. The van der Waals surface area contributed by atoms with Gasteiger partial charge in [0, 0.05) is 46.8 Å². The Morgan fingerprint density at radius 1 is 1.27 bits per heavy atom. The van der Waals surface area contributed by atoms with Gasteiger partial charge in [-0.05, 0) is 57.2 Å². The molecule has 1 saturated heterocycles. The average molecular weight is 448 g/mol. The van der Waals surface area contributed by atoms with Gasteiger partial charge in [0.2, 0.25) is 5.91 Å². The first-order chi connectivity index (χ1) is 15.9. The lowest BCUT2D eigenvalue weighted by atomic mass is 9.95. The number of benzene rings is 2. The van der Waals surface area contributed by atoms with Crippen molar-refractivity contribution in [3.8, 4) is 22.6 Å². The number of ether oxygens (including phenoxy) is 2. The highest BCUT2D eigenvalue weighted by Gasteiger charge is 2.23. The molecule has 1 aliphatic heterocycles. The molecule has 3 aromatic rings. The number of fused-ring (bicyclic) bond motifs is 1. The standard InChI is InChI=1S/C28H33NO4/c1-6-32-27-20(4)28-23(24(17-33-28)21-11-7-8-12-25(21)31-5)15-22(27)19(3)14-26(30)29-13-9-10-18(2)16-29/h7-8,11-12,14-15,17-18H,6,9-10,13,16H2,1-5H3/b19-14+. The number of rotatable bonds is 6. The summed E-state index contributed by atoms with van der Waals surface area (Å²) in [6.07, 6.45) is 5.77.